The van der Waals surface area contributed by atoms with Gasteiger partial charge in [-0.1, -0.05) is 78.9 Å². The molecular formula is C27H24NO2P. The second-order valence-electron chi connectivity index (χ2n) is 7.70. The fraction of sp³-hybridized carbons (Fsp3) is 0.111. The van der Waals surface area contributed by atoms with Crippen LogP contribution in [0.25, 0.3) is 0 Å². The van der Waals surface area contributed by atoms with Crippen molar-refractivity contribution in [1.82, 2.24) is 4.67 Å². The summed E-state index contributed by atoms with van der Waals surface area (Å²) in [5.41, 5.74) is 2.32. The van der Waals surface area contributed by atoms with Crippen LogP contribution in [0.5, 0.6) is 5.75 Å². The number of ether oxygens (including phenoxy) is 1. The van der Waals surface area contributed by atoms with Gasteiger partial charge in [0.15, 0.2) is 0 Å². The summed E-state index contributed by atoms with van der Waals surface area (Å²) < 4.78 is 22.5. The van der Waals surface area contributed by atoms with Gasteiger partial charge in [0.05, 0.1) is 19.2 Å². The van der Waals surface area contributed by atoms with E-state index in [0.717, 1.165) is 21.9 Å². The number of nitrogens with zero attached hydrogens (tertiary/aromatic N) is 1. The Kier molecular flexibility index (Phi) is 5.23. The summed E-state index contributed by atoms with van der Waals surface area (Å²) in [5.74, 6) is 0.821. The van der Waals surface area contributed by atoms with Crippen molar-refractivity contribution in [1.29, 1.82) is 0 Å². The van der Waals surface area contributed by atoms with E-state index in [2.05, 4.69) is 28.9 Å². The van der Waals surface area contributed by atoms with Gasteiger partial charge in [0, 0.05) is 10.6 Å². The minimum absolute atomic E-state index is 0.0274. The Morgan fingerprint density at radius 3 is 1.48 bits per heavy atom. The summed E-state index contributed by atoms with van der Waals surface area (Å²) in [6.45, 7) is 0. The van der Waals surface area contributed by atoms with Crippen LogP contribution in [0.1, 0.15) is 23.2 Å². The van der Waals surface area contributed by atoms with Crippen LogP contribution >= 0.6 is 7.29 Å². The Labute approximate surface area is 183 Å². The zero-order chi connectivity index (χ0) is 21.3. The van der Waals surface area contributed by atoms with Crippen LogP contribution in [0.3, 0.4) is 0 Å². The van der Waals surface area contributed by atoms with E-state index in [9.17, 15) is 4.57 Å². The van der Waals surface area contributed by atoms with Gasteiger partial charge >= 0.3 is 0 Å². The van der Waals surface area contributed by atoms with Gasteiger partial charge in [-0.05, 0) is 47.5 Å². The molecule has 1 aliphatic rings. The molecule has 0 bridgehead atoms. The Bertz CT molecular complexity index is 1150. The van der Waals surface area contributed by atoms with Crippen LogP contribution in [0, 0.1) is 0 Å². The van der Waals surface area contributed by atoms with Crippen molar-refractivity contribution in [3.05, 3.63) is 126 Å². The first-order chi connectivity index (χ1) is 15.2. The summed E-state index contributed by atoms with van der Waals surface area (Å²) in [7, 11) is -1.37. The Morgan fingerprint density at radius 2 is 1.03 bits per heavy atom. The lowest BCUT2D eigenvalue weighted by molar-refractivity contribution is 0.414. The molecule has 0 saturated carbocycles. The highest BCUT2D eigenvalue weighted by Gasteiger charge is 2.59. The van der Waals surface area contributed by atoms with Gasteiger partial charge in [-0.15, -0.1) is 0 Å². The maximum absolute atomic E-state index is 15.0. The quantitative estimate of drug-likeness (QED) is 0.292. The van der Waals surface area contributed by atoms with Gasteiger partial charge in [-0.25, -0.2) is 4.67 Å². The summed E-state index contributed by atoms with van der Waals surface area (Å²) in [5, 5.41) is 1.72. The van der Waals surface area contributed by atoms with Crippen LogP contribution < -0.4 is 15.3 Å². The van der Waals surface area contributed by atoms with Gasteiger partial charge in [-0.3, -0.25) is 4.57 Å². The zero-order valence-electron chi connectivity index (χ0n) is 17.3. The zero-order valence-corrected chi connectivity index (χ0v) is 18.2. The van der Waals surface area contributed by atoms with E-state index in [1.165, 1.54) is 5.56 Å². The molecule has 0 N–H and O–H groups in total. The normalized spacial score (nSPS) is 20.2. The average molecular weight is 425 g/mol. The summed E-state index contributed by atoms with van der Waals surface area (Å²) in [6, 6.07) is 38.3. The molecule has 31 heavy (non-hydrogen) atoms. The molecule has 0 amide bonds. The number of hydrogen-bond acceptors (Lipinski definition) is 2. The first kappa shape index (κ1) is 19.8. The molecule has 1 aliphatic heterocycles. The lowest BCUT2D eigenvalue weighted by Crippen LogP contribution is -2.22. The standard InChI is InChI=1S/C27H24NO2P/c1-30-23-19-17-22(18-20-23)27-26(21-11-5-2-6-12-21)28(27)31(29,24-13-7-3-8-14-24)25-15-9-4-10-16-25/h2-20,26-27H,1H3. The summed E-state index contributed by atoms with van der Waals surface area (Å²) in [4.78, 5) is 0. The van der Waals surface area contributed by atoms with E-state index in [0.29, 0.717) is 0 Å². The molecule has 0 radical (unpaired) electrons. The number of benzene rings is 4. The van der Waals surface area contributed by atoms with Crippen molar-refractivity contribution >= 4 is 17.9 Å². The van der Waals surface area contributed by atoms with Crippen molar-refractivity contribution in [2.75, 3.05) is 7.11 Å². The van der Waals surface area contributed by atoms with Crippen LogP contribution in [-0.2, 0) is 4.57 Å². The van der Waals surface area contributed by atoms with Gasteiger partial charge in [0.1, 0.15) is 5.75 Å². The third-order valence-corrected chi connectivity index (χ3v) is 9.06. The Balaban J connectivity index is 1.67. The van der Waals surface area contributed by atoms with Crippen molar-refractivity contribution < 1.29 is 9.30 Å². The summed E-state index contributed by atoms with van der Waals surface area (Å²) >= 11 is 0. The number of hydrogen-bond donors (Lipinski definition) is 0. The van der Waals surface area contributed by atoms with E-state index >= 15 is 0 Å². The van der Waals surface area contributed by atoms with Crippen molar-refractivity contribution in [2.45, 2.75) is 12.1 Å². The van der Waals surface area contributed by atoms with Gasteiger partial charge in [-0.2, -0.15) is 0 Å². The molecule has 3 atom stereocenters. The molecule has 4 aromatic carbocycles. The molecule has 3 unspecified atom stereocenters. The topological polar surface area (TPSA) is 29.3 Å². The van der Waals surface area contributed by atoms with Crippen molar-refractivity contribution in [2.24, 2.45) is 0 Å². The van der Waals surface area contributed by atoms with Crippen LogP contribution in [0.15, 0.2) is 115 Å². The highest BCUT2D eigenvalue weighted by molar-refractivity contribution is 7.76. The minimum atomic E-state index is -3.04. The van der Waals surface area contributed by atoms with Crippen LogP contribution in [0.2, 0.25) is 0 Å². The largest absolute Gasteiger partial charge is 0.497 e. The molecule has 0 aliphatic carbocycles. The first-order valence-electron chi connectivity index (χ1n) is 10.4. The molecule has 4 aromatic rings. The van der Waals surface area contributed by atoms with E-state index in [1.54, 1.807) is 7.11 Å². The highest BCUT2D eigenvalue weighted by Crippen LogP contribution is 2.70. The number of rotatable bonds is 6. The summed E-state index contributed by atoms with van der Waals surface area (Å²) in [6.07, 6.45) is 0. The fourth-order valence-electron chi connectivity index (χ4n) is 4.37. The van der Waals surface area contributed by atoms with E-state index in [4.69, 9.17) is 4.74 Å². The average Bonchev–Trinajstić information content (AvgIpc) is 3.61. The van der Waals surface area contributed by atoms with E-state index in [1.807, 2.05) is 91.0 Å². The van der Waals surface area contributed by atoms with Crippen LogP contribution in [0.4, 0.5) is 0 Å². The van der Waals surface area contributed by atoms with Crippen molar-refractivity contribution in [3.8, 4) is 5.75 Å². The van der Waals surface area contributed by atoms with Gasteiger partial charge < -0.3 is 4.74 Å². The van der Waals surface area contributed by atoms with E-state index in [-0.39, 0.29) is 12.1 Å². The van der Waals surface area contributed by atoms with Gasteiger partial charge in [0.2, 0.25) is 7.29 Å². The molecule has 3 nitrogen and oxygen atoms in total. The lowest BCUT2D eigenvalue weighted by Gasteiger charge is -2.22. The minimum Gasteiger partial charge on any atom is -0.497 e. The number of methoxy groups -OCH3 is 1. The molecule has 4 heteroatoms. The smallest absolute Gasteiger partial charge is 0.208 e. The van der Waals surface area contributed by atoms with E-state index < -0.39 is 7.29 Å². The van der Waals surface area contributed by atoms with Crippen LogP contribution in [-0.4, -0.2) is 11.8 Å². The molecular weight excluding hydrogens is 401 g/mol. The highest BCUT2D eigenvalue weighted by atomic mass is 31.2. The molecule has 1 fully saturated rings. The predicted molar refractivity (Wildman–Crippen MR) is 127 cm³/mol. The SMILES string of the molecule is COc1ccc(C2C(c3ccccc3)N2P(=O)(c2ccccc2)c2ccccc2)cc1. The second kappa shape index (κ2) is 8.19. The molecule has 154 valence electrons. The monoisotopic (exact) mass is 425 g/mol. The first-order valence-corrected chi connectivity index (χ1v) is 12.1. The molecule has 1 saturated heterocycles. The lowest BCUT2D eigenvalue weighted by atomic mass is 10.0. The third-order valence-electron chi connectivity index (χ3n) is 5.92. The second-order valence-corrected chi connectivity index (χ2v) is 10.3. The van der Waals surface area contributed by atoms with Gasteiger partial charge in [0.25, 0.3) is 0 Å². The third kappa shape index (κ3) is 3.50. The maximum atomic E-state index is 15.0. The maximum Gasteiger partial charge on any atom is 0.208 e. The molecule has 5 rings (SSSR count). The van der Waals surface area contributed by atoms with Crippen molar-refractivity contribution in [3.63, 3.8) is 0 Å². The fourth-order valence-corrected chi connectivity index (χ4v) is 7.51. The molecule has 0 spiro atoms. The molecule has 0 aromatic heterocycles. The Morgan fingerprint density at radius 1 is 0.613 bits per heavy atom. The Hall–Kier alpha value is -3.13. The predicted octanol–water partition coefficient (Wildman–Crippen LogP) is 5.72. The molecule has 1 heterocycles.